The molecule has 0 saturated carbocycles. The van der Waals surface area contributed by atoms with E-state index in [4.69, 9.17) is 21.4 Å². The van der Waals surface area contributed by atoms with E-state index in [1.54, 1.807) is 0 Å². The van der Waals surface area contributed by atoms with Crippen LogP contribution in [0.2, 0.25) is 5.02 Å². The Morgan fingerprint density at radius 3 is 2.48 bits per heavy atom. The van der Waals surface area contributed by atoms with Gasteiger partial charge in [0.05, 0.1) is 20.4 Å². The first-order valence-corrected chi connectivity index (χ1v) is 7.96. The van der Waals surface area contributed by atoms with Crippen LogP contribution in [0.1, 0.15) is 6.99 Å². The number of hydrogen-bond acceptors (Lipinski definition) is 6. The number of carbonyl (C=O) groups is 1. The van der Waals surface area contributed by atoms with E-state index >= 15 is 0 Å². The zero-order valence-electron chi connectivity index (χ0n) is 14.6. The fourth-order valence-electron chi connectivity index (χ4n) is 1.83. The summed E-state index contributed by atoms with van der Waals surface area (Å²) < 4.78 is 43.3. The van der Waals surface area contributed by atoms with Gasteiger partial charge in [0.1, 0.15) is 18.1 Å². The van der Waals surface area contributed by atoms with E-state index in [2.05, 4.69) is 0 Å². The third-order valence-corrected chi connectivity index (χ3v) is 4.17. The van der Waals surface area contributed by atoms with Crippen molar-refractivity contribution in [2.45, 2.75) is 11.1 Å². The number of halogens is 4. The average molecular weight is 432 g/mol. The molecule has 1 N–H and O–H groups in total. The van der Waals surface area contributed by atoms with Crippen LogP contribution in [0.5, 0.6) is 11.5 Å². The molecule has 0 aliphatic heterocycles. The molecule has 0 fully saturated rings. The fraction of sp³-hybridized carbons (Fsp3) is 0.133. The number of aliphatic hydroxyl groups excluding tert-OH is 1. The van der Waals surface area contributed by atoms with Crippen molar-refractivity contribution in [3.05, 3.63) is 57.1 Å². The Balaban J connectivity index is 0.00000364. The van der Waals surface area contributed by atoms with Crippen molar-refractivity contribution >= 4 is 34.2 Å². The molecule has 0 amide bonds. The molecule has 0 heterocycles. The van der Waals surface area contributed by atoms with Crippen LogP contribution >= 0.6 is 23.4 Å². The van der Waals surface area contributed by atoms with Crippen LogP contribution in [0.25, 0.3) is 0 Å². The Labute approximate surface area is 183 Å². The molecule has 0 aromatic heterocycles. The molecule has 0 unspecified atom stereocenters. The number of benzene rings is 2. The minimum Gasteiger partial charge on any atom is -1.00 e. The molecule has 2 rings (SSSR count). The van der Waals surface area contributed by atoms with Crippen LogP contribution < -0.4 is 34.3 Å². The van der Waals surface area contributed by atoms with Crippen molar-refractivity contribution in [1.29, 1.82) is 0 Å². The summed E-state index contributed by atoms with van der Waals surface area (Å²) in [4.78, 5) is 21.5. The number of thioether (sulfide) groups is 1. The second-order valence-electron chi connectivity index (χ2n) is 4.76. The summed E-state index contributed by atoms with van der Waals surface area (Å²) in [5.74, 6) is -0.0801. The summed E-state index contributed by atoms with van der Waals surface area (Å²) >= 11 is 6.23. The molecule has 27 heavy (non-hydrogen) atoms. The zero-order valence-corrected chi connectivity index (χ0v) is 17.2. The smallest absolute Gasteiger partial charge is 1.00 e. The number of nitrogens with zero attached hydrogens (tertiary/aromatic N) is 1. The van der Waals surface area contributed by atoms with E-state index in [-0.39, 0.29) is 58.1 Å². The molecule has 0 aliphatic carbocycles. The van der Waals surface area contributed by atoms with Gasteiger partial charge in [-0.1, -0.05) is 11.6 Å². The standard InChI is InChI=1S/C15H9ClF3NO5S.Na.H/c16-10-5-8(15(17,18)19)1-4-12(10)25-9-2-3-11(20(23)24)13(6-9)26-14(22)7-21;;/h1-6,21H,7H2;;/q;+1;-1. The minimum absolute atomic E-state index is 0. The van der Waals surface area contributed by atoms with Crippen molar-refractivity contribution in [3.8, 4) is 11.5 Å². The Morgan fingerprint density at radius 1 is 1.30 bits per heavy atom. The second-order valence-corrected chi connectivity index (χ2v) is 6.27. The predicted octanol–water partition coefficient (Wildman–Crippen LogP) is 1.79. The number of aliphatic hydroxyl groups is 1. The van der Waals surface area contributed by atoms with Gasteiger partial charge in [-0.05, 0) is 36.0 Å². The zero-order chi connectivity index (χ0) is 19.5. The maximum absolute atomic E-state index is 12.6. The van der Waals surface area contributed by atoms with Crippen LogP contribution in [-0.2, 0) is 11.0 Å². The van der Waals surface area contributed by atoms with E-state index < -0.39 is 28.4 Å². The third kappa shape index (κ3) is 6.37. The Kier molecular flexibility index (Phi) is 8.58. The van der Waals surface area contributed by atoms with E-state index in [1.807, 2.05) is 0 Å². The molecule has 0 saturated heterocycles. The topological polar surface area (TPSA) is 89.7 Å². The number of alkyl halides is 3. The van der Waals surface area contributed by atoms with Crippen molar-refractivity contribution in [1.82, 2.24) is 0 Å². The number of ether oxygens (including phenoxy) is 1. The summed E-state index contributed by atoms with van der Waals surface area (Å²) in [6, 6.07) is 5.91. The van der Waals surface area contributed by atoms with Gasteiger partial charge in [0.15, 0.2) is 0 Å². The molecule has 0 aliphatic rings. The fourth-order valence-corrected chi connectivity index (χ4v) is 2.78. The number of rotatable bonds is 5. The van der Waals surface area contributed by atoms with E-state index in [0.29, 0.717) is 17.8 Å². The molecule has 140 valence electrons. The van der Waals surface area contributed by atoms with Gasteiger partial charge >= 0.3 is 35.7 Å². The minimum atomic E-state index is -4.57. The molecular formula is C15H10ClF3NNaO5S. The summed E-state index contributed by atoms with van der Waals surface area (Å²) in [5, 5.41) is 18.7. The van der Waals surface area contributed by atoms with Crippen molar-refractivity contribution in [3.63, 3.8) is 0 Å². The molecule has 0 atom stereocenters. The van der Waals surface area contributed by atoms with Gasteiger partial charge < -0.3 is 11.3 Å². The molecule has 0 radical (unpaired) electrons. The van der Waals surface area contributed by atoms with Gasteiger partial charge in [-0.3, -0.25) is 14.9 Å². The molecule has 6 nitrogen and oxygen atoms in total. The average Bonchev–Trinajstić information content (AvgIpc) is 2.55. The Hall–Kier alpha value is -1.30. The van der Waals surface area contributed by atoms with Gasteiger partial charge in [-0.2, -0.15) is 13.2 Å². The Bertz CT molecular complexity index is 872. The van der Waals surface area contributed by atoms with Crippen molar-refractivity contribution < 1.29 is 63.7 Å². The first-order chi connectivity index (χ1) is 12.1. The van der Waals surface area contributed by atoms with Crippen LogP contribution in [0.4, 0.5) is 18.9 Å². The molecule has 0 spiro atoms. The number of nitro groups is 1. The molecule has 0 bridgehead atoms. The Morgan fingerprint density at radius 2 is 1.96 bits per heavy atom. The maximum atomic E-state index is 12.6. The van der Waals surface area contributed by atoms with Crippen LogP contribution in [0.3, 0.4) is 0 Å². The second kappa shape index (κ2) is 9.76. The van der Waals surface area contributed by atoms with Gasteiger partial charge in [-0.25, -0.2) is 0 Å². The first-order valence-electron chi connectivity index (χ1n) is 6.76. The quantitative estimate of drug-likeness (QED) is 0.336. The predicted molar refractivity (Wildman–Crippen MR) is 88.7 cm³/mol. The number of hydrogen-bond donors (Lipinski definition) is 1. The third-order valence-electron chi connectivity index (χ3n) is 2.97. The first kappa shape index (κ1) is 23.7. The van der Waals surface area contributed by atoms with Gasteiger partial charge in [0, 0.05) is 12.1 Å². The summed E-state index contributed by atoms with van der Waals surface area (Å²) in [7, 11) is 0. The van der Waals surface area contributed by atoms with Crippen molar-refractivity contribution in [2.75, 3.05) is 6.61 Å². The molecule has 2 aromatic carbocycles. The van der Waals surface area contributed by atoms with E-state index in [0.717, 1.165) is 24.3 Å². The maximum Gasteiger partial charge on any atom is 1.00 e. The molecule has 2 aromatic rings. The normalized spacial score (nSPS) is 10.9. The SMILES string of the molecule is O=C(CO)Sc1cc(Oc2ccc(C(F)(F)F)cc2Cl)ccc1[N+](=O)[O-].[H-].[Na+]. The van der Waals surface area contributed by atoms with Crippen molar-refractivity contribution in [2.24, 2.45) is 0 Å². The summed E-state index contributed by atoms with van der Waals surface area (Å²) in [6.07, 6.45) is -4.57. The summed E-state index contributed by atoms with van der Waals surface area (Å²) in [6.45, 7) is -0.822. The monoisotopic (exact) mass is 431 g/mol. The molecular weight excluding hydrogens is 422 g/mol. The summed E-state index contributed by atoms with van der Waals surface area (Å²) in [5.41, 5.74) is -1.34. The van der Waals surface area contributed by atoms with Crippen LogP contribution in [0, 0.1) is 10.1 Å². The number of carbonyl (C=O) groups excluding carboxylic acids is 1. The van der Waals surface area contributed by atoms with Crippen LogP contribution in [0.15, 0.2) is 41.3 Å². The van der Waals surface area contributed by atoms with E-state index in [9.17, 15) is 28.1 Å². The van der Waals surface area contributed by atoms with Crippen LogP contribution in [-0.4, -0.2) is 21.8 Å². The van der Waals surface area contributed by atoms with Gasteiger partial charge in [-0.15, -0.1) is 0 Å². The van der Waals surface area contributed by atoms with Gasteiger partial charge in [0.2, 0.25) is 5.12 Å². The largest absolute Gasteiger partial charge is 1.00 e. The molecule has 12 heteroatoms. The van der Waals surface area contributed by atoms with Gasteiger partial charge in [0.25, 0.3) is 5.69 Å². The number of nitro benzene ring substituents is 1. The van der Waals surface area contributed by atoms with E-state index in [1.165, 1.54) is 6.07 Å².